The van der Waals surface area contributed by atoms with Crippen LogP contribution < -0.4 is 10.6 Å². The molecule has 2 aromatic heterocycles. The molecule has 1 atom stereocenters. The molecular weight excluding hydrogens is 306 g/mol. The van der Waals surface area contributed by atoms with Crippen molar-refractivity contribution in [1.82, 2.24) is 15.0 Å². The van der Waals surface area contributed by atoms with Gasteiger partial charge in [-0.1, -0.05) is 18.5 Å². The molecule has 7 heteroatoms. The number of halogens is 1. The predicted octanol–water partition coefficient (Wildman–Crippen LogP) is 4.20. The van der Waals surface area contributed by atoms with Crippen molar-refractivity contribution in [3.05, 3.63) is 26.8 Å². The van der Waals surface area contributed by atoms with Gasteiger partial charge in [-0.05, 0) is 27.2 Å². The van der Waals surface area contributed by atoms with Crippen molar-refractivity contribution in [2.75, 3.05) is 17.2 Å². The molecule has 2 aromatic rings. The number of nitrogens with one attached hydrogen (secondary N) is 2. The fourth-order valence-electron chi connectivity index (χ4n) is 2.01. The van der Waals surface area contributed by atoms with E-state index in [1.807, 2.05) is 13.8 Å². The van der Waals surface area contributed by atoms with Gasteiger partial charge in [-0.15, -0.1) is 11.3 Å². The van der Waals surface area contributed by atoms with E-state index in [4.69, 9.17) is 11.6 Å². The van der Waals surface area contributed by atoms with Crippen molar-refractivity contribution in [2.45, 2.75) is 40.2 Å². The lowest BCUT2D eigenvalue weighted by atomic mass is 10.2. The molecule has 0 bridgehead atoms. The second kappa shape index (κ2) is 7.04. The highest BCUT2D eigenvalue weighted by atomic mass is 35.5. The normalized spacial score (nSPS) is 12.2. The quantitative estimate of drug-likeness (QED) is 0.833. The van der Waals surface area contributed by atoms with Gasteiger partial charge in [0.25, 0.3) is 0 Å². The minimum Gasteiger partial charge on any atom is -0.361 e. The van der Waals surface area contributed by atoms with Crippen LogP contribution in [0.2, 0.25) is 5.02 Å². The standard InChI is InChI=1S/C14H20ClN5S/c1-5-6-16-14-17-7-11(15)13(20-14)19-9(3)12-8(2)18-10(4)21-12/h7,9H,5-6H2,1-4H3,(H2,16,17,19,20). The molecule has 0 aromatic carbocycles. The molecule has 0 aliphatic heterocycles. The molecule has 0 aliphatic rings. The second-order valence-corrected chi connectivity index (χ2v) is 6.51. The first kappa shape index (κ1) is 16.0. The lowest BCUT2D eigenvalue weighted by molar-refractivity contribution is 0.875. The lowest BCUT2D eigenvalue weighted by Gasteiger charge is -2.15. The van der Waals surface area contributed by atoms with Gasteiger partial charge >= 0.3 is 0 Å². The third kappa shape index (κ3) is 4.04. The molecule has 2 heterocycles. The van der Waals surface area contributed by atoms with Crippen LogP contribution in [-0.2, 0) is 0 Å². The van der Waals surface area contributed by atoms with Crippen LogP contribution >= 0.6 is 22.9 Å². The lowest BCUT2D eigenvalue weighted by Crippen LogP contribution is -2.11. The highest BCUT2D eigenvalue weighted by Crippen LogP contribution is 2.29. The topological polar surface area (TPSA) is 62.7 Å². The molecule has 2 N–H and O–H groups in total. The fourth-order valence-corrected chi connectivity index (χ4v) is 3.09. The summed E-state index contributed by atoms with van der Waals surface area (Å²) in [5, 5.41) is 8.09. The molecule has 0 aliphatic carbocycles. The maximum atomic E-state index is 6.18. The van der Waals surface area contributed by atoms with Gasteiger partial charge < -0.3 is 10.6 Å². The Morgan fingerprint density at radius 3 is 2.71 bits per heavy atom. The van der Waals surface area contributed by atoms with Gasteiger partial charge in [0.2, 0.25) is 5.95 Å². The van der Waals surface area contributed by atoms with Crippen LogP contribution in [0.4, 0.5) is 11.8 Å². The van der Waals surface area contributed by atoms with Gasteiger partial charge in [0.1, 0.15) is 5.02 Å². The summed E-state index contributed by atoms with van der Waals surface area (Å²) in [7, 11) is 0. The molecule has 0 radical (unpaired) electrons. The van der Waals surface area contributed by atoms with Crippen LogP contribution in [0.1, 0.15) is 41.9 Å². The van der Waals surface area contributed by atoms with Crippen molar-refractivity contribution in [2.24, 2.45) is 0 Å². The maximum absolute atomic E-state index is 6.18. The molecule has 0 amide bonds. The molecule has 0 saturated heterocycles. The van der Waals surface area contributed by atoms with Crippen molar-refractivity contribution in [3.63, 3.8) is 0 Å². The van der Waals surface area contributed by atoms with Crippen LogP contribution in [0.3, 0.4) is 0 Å². The Labute approximate surface area is 134 Å². The summed E-state index contributed by atoms with van der Waals surface area (Å²) >= 11 is 7.87. The Morgan fingerprint density at radius 1 is 1.33 bits per heavy atom. The van der Waals surface area contributed by atoms with Gasteiger partial charge in [0, 0.05) is 11.4 Å². The van der Waals surface area contributed by atoms with Gasteiger partial charge in [0.15, 0.2) is 5.82 Å². The number of rotatable bonds is 6. The summed E-state index contributed by atoms with van der Waals surface area (Å²) in [6.45, 7) is 9.05. The summed E-state index contributed by atoms with van der Waals surface area (Å²) in [5.74, 6) is 1.23. The molecule has 114 valence electrons. The Kier molecular flexibility index (Phi) is 5.36. The van der Waals surface area contributed by atoms with Crippen molar-refractivity contribution in [3.8, 4) is 0 Å². The number of aromatic nitrogens is 3. The number of thiazole rings is 1. The minimum atomic E-state index is 0.0997. The number of anilines is 2. The van der Waals surface area contributed by atoms with E-state index in [0.717, 1.165) is 23.7 Å². The molecule has 1 unspecified atom stereocenters. The molecule has 21 heavy (non-hydrogen) atoms. The zero-order valence-corrected chi connectivity index (χ0v) is 14.3. The molecule has 0 spiro atoms. The molecule has 0 saturated carbocycles. The monoisotopic (exact) mass is 325 g/mol. The van der Waals surface area contributed by atoms with Gasteiger partial charge in [-0.25, -0.2) is 9.97 Å². The predicted molar refractivity (Wildman–Crippen MR) is 89.4 cm³/mol. The summed E-state index contributed by atoms with van der Waals surface area (Å²) in [4.78, 5) is 14.3. The van der Waals surface area contributed by atoms with E-state index in [-0.39, 0.29) is 6.04 Å². The molecular formula is C14H20ClN5S. The van der Waals surface area contributed by atoms with E-state index in [0.29, 0.717) is 16.8 Å². The molecule has 2 rings (SSSR count). The minimum absolute atomic E-state index is 0.0997. The van der Waals surface area contributed by atoms with E-state index >= 15 is 0 Å². The summed E-state index contributed by atoms with van der Waals surface area (Å²) in [6, 6.07) is 0.0997. The van der Waals surface area contributed by atoms with Crippen molar-refractivity contribution in [1.29, 1.82) is 0 Å². The van der Waals surface area contributed by atoms with Gasteiger partial charge in [0.05, 0.1) is 22.9 Å². The van der Waals surface area contributed by atoms with Gasteiger partial charge in [-0.3, -0.25) is 0 Å². The third-order valence-corrected chi connectivity index (χ3v) is 4.50. The van der Waals surface area contributed by atoms with Crippen LogP contribution in [0.5, 0.6) is 0 Å². The highest BCUT2D eigenvalue weighted by molar-refractivity contribution is 7.11. The zero-order chi connectivity index (χ0) is 15.4. The van der Waals surface area contributed by atoms with E-state index in [1.54, 1.807) is 17.5 Å². The van der Waals surface area contributed by atoms with Crippen molar-refractivity contribution < 1.29 is 0 Å². The maximum Gasteiger partial charge on any atom is 0.224 e. The van der Waals surface area contributed by atoms with Crippen LogP contribution in [-0.4, -0.2) is 21.5 Å². The van der Waals surface area contributed by atoms with E-state index in [9.17, 15) is 0 Å². The van der Waals surface area contributed by atoms with E-state index in [1.165, 1.54) is 4.88 Å². The first-order chi connectivity index (χ1) is 10.0. The Balaban J connectivity index is 2.16. The average Bonchev–Trinajstić information content (AvgIpc) is 2.78. The van der Waals surface area contributed by atoms with Crippen molar-refractivity contribution >= 4 is 34.7 Å². The Bertz CT molecular complexity index is 613. The van der Waals surface area contributed by atoms with E-state index < -0.39 is 0 Å². The average molecular weight is 326 g/mol. The summed E-state index contributed by atoms with van der Waals surface area (Å²) < 4.78 is 0. The largest absolute Gasteiger partial charge is 0.361 e. The van der Waals surface area contributed by atoms with Gasteiger partial charge in [-0.2, -0.15) is 4.98 Å². The zero-order valence-electron chi connectivity index (χ0n) is 12.7. The fraction of sp³-hybridized carbons (Fsp3) is 0.500. The number of nitrogens with zero attached hydrogens (tertiary/aromatic N) is 3. The second-order valence-electron chi connectivity index (χ2n) is 4.87. The number of hydrogen-bond acceptors (Lipinski definition) is 6. The molecule has 0 fully saturated rings. The first-order valence-electron chi connectivity index (χ1n) is 6.98. The number of aryl methyl sites for hydroxylation is 2. The first-order valence-corrected chi connectivity index (χ1v) is 8.17. The smallest absolute Gasteiger partial charge is 0.224 e. The highest BCUT2D eigenvalue weighted by Gasteiger charge is 2.15. The summed E-state index contributed by atoms with van der Waals surface area (Å²) in [5.41, 5.74) is 1.05. The summed E-state index contributed by atoms with van der Waals surface area (Å²) in [6.07, 6.45) is 2.64. The third-order valence-electron chi connectivity index (χ3n) is 2.96. The SMILES string of the molecule is CCCNc1ncc(Cl)c(NC(C)c2sc(C)nc2C)n1. The Morgan fingerprint density at radius 2 is 2.10 bits per heavy atom. The number of hydrogen-bond donors (Lipinski definition) is 2. The van der Waals surface area contributed by atoms with E-state index in [2.05, 4.69) is 39.4 Å². The van der Waals surface area contributed by atoms with Crippen LogP contribution in [0, 0.1) is 13.8 Å². The van der Waals surface area contributed by atoms with Crippen LogP contribution in [0.15, 0.2) is 6.20 Å². The molecule has 5 nitrogen and oxygen atoms in total. The Hall–Kier alpha value is -1.40. The van der Waals surface area contributed by atoms with Crippen LogP contribution in [0.25, 0.3) is 0 Å².